The van der Waals surface area contributed by atoms with Crippen LogP contribution >= 0.6 is 0 Å². The van der Waals surface area contributed by atoms with E-state index in [2.05, 4.69) is 10.3 Å². The molecule has 0 spiro atoms. The summed E-state index contributed by atoms with van der Waals surface area (Å²) in [6.45, 7) is 2.14. The molecule has 0 bridgehead atoms. The number of nitrogens with one attached hydrogen (secondary N) is 1. The van der Waals surface area contributed by atoms with Crippen LogP contribution in [-0.2, 0) is 13.0 Å². The number of aromatic nitrogens is 1. The number of hydrogen-bond acceptors (Lipinski definition) is 4. The molecule has 1 amide bonds. The molecule has 1 aliphatic heterocycles. The number of phenolic OH excluding ortho intramolecular Hbond substituents is 1. The zero-order valence-electron chi connectivity index (χ0n) is 16.0. The van der Waals surface area contributed by atoms with Crippen LogP contribution in [0.5, 0.6) is 5.75 Å². The van der Waals surface area contributed by atoms with E-state index in [0.29, 0.717) is 29.4 Å². The Morgan fingerprint density at radius 1 is 1.24 bits per heavy atom. The number of aromatic hydroxyl groups is 1. The number of amides is 1. The van der Waals surface area contributed by atoms with Crippen LogP contribution in [0.25, 0.3) is 10.9 Å². The van der Waals surface area contributed by atoms with Crippen LogP contribution in [-0.4, -0.2) is 40.7 Å². The fourth-order valence-electron chi connectivity index (χ4n) is 3.84. The van der Waals surface area contributed by atoms with Crippen LogP contribution in [0, 0.1) is 5.82 Å². The van der Waals surface area contributed by atoms with Gasteiger partial charge in [-0.3, -0.25) is 9.78 Å². The Morgan fingerprint density at radius 2 is 2.00 bits per heavy atom. The van der Waals surface area contributed by atoms with Crippen LogP contribution in [0.3, 0.4) is 0 Å². The molecule has 150 valence electrons. The van der Waals surface area contributed by atoms with Gasteiger partial charge in [-0.2, -0.15) is 0 Å². The van der Waals surface area contributed by atoms with Crippen molar-refractivity contribution in [1.29, 1.82) is 0 Å². The number of carbonyl (C=O) groups is 1. The summed E-state index contributed by atoms with van der Waals surface area (Å²) in [5, 5.41) is 14.8. The van der Waals surface area contributed by atoms with Gasteiger partial charge in [-0.1, -0.05) is 12.1 Å². The summed E-state index contributed by atoms with van der Waals surface area (Å²) in [6, 6.07) is 8.19. The van der Waals surface area contributed by atoms with Gasteiger partial charge >= 0.3 is 0 Å². The second-order valence-electron chi connectivity index (χ2n) is 7.07. The lowest BCUT2D eigenvalue weighted by molar-refractivity contribution is 0.0766. The van der Waals surface area contributed by atoms with Crippen molar-refractivity contribution in [3.8, 4) is 5.75 Å². The number of alkyl halides is 1. The summed E-state index contributed by atoms with van der Waals surface area (Å²) in [4.78, 5) is 18.5. The van der Waals surface area contributed by atoms with Gasteiger partial charge in [0, 0.05) is 42.5 Å². The van der Waals surface area contributed by atoms with Crippen LogP contribution in [0.1, 0.15) is 34.0 Å². The number of nitrogens with zero attached hydrogens (tertiary/aromatic N) is 2. The van der Waals surface area contributed by atoms with Gasteiger partial charge in [-0.05, 0) is 42.7 Å². The van der Waals surface area contributed by atoms with Gasteiger partial charge in [0.05, 0.1) is 5.56 Å². The van der Waals surface area contributed by atoms with Gasteiger partial charge in [0.2, 0.25) is 0 Å². The molecule has 0 saturated heterocycles. The van der Waals surface area contributed by atoms with E-state index in [1.54, 1.807) is 18.3 Å². The number of benzene rings is 2. The zero-order chi connectivity index (χ0) is 20.5. The van der Waals surface area contributed by atoms with Crippen LogP contribution in [0.4, 0.5) is 14.5 Å². The van der Waals surface area contributed by atoms with E-state index in [9.17, 15) is 18.7 Å². The van der Waals surface area contributed by atoms with E-state index in [0.717, 1.165) is 16.8 Å². The lowest BCUT2D eigenvalue weighted by atomic mass is 9.98. The van der Waals surface area contributed by atoms with E-state index in [1.165, 1.54) is 17.0 Å². The smallest absolute Gasteiger partial charge is 0.258 e. The van der Waals surface area contributed by atoms with Crippen molar-refractivity contribution in [3.05, 3.63) is 64.6 Å². The molecule has 1 aromatic heterocycles. The SMILES string of the molecule is CCNc1c2c(c(O)c3ncc(Cc4ccc(F)cc4)cc13)C(=O)N(CCF)C2. The molecular weight excluding hydrogens is 376 g/mol. The third-order valence-electron chi connectivity index (χ3n) is 5.16. The predicted molar refractivity (Wildman–Crippen MR) is 107 cm³/mol. The molecule has 1 aliphatic rings. The van der Waals surface area contributed by atoms with Crippen LogP contribution < -0.4 is 5.32 Å². The Labute approximate surface area is 167 Å². The third kappa shape index (κ3) is 3.37. The molecule has 0 unspecified atom stereocenters. The third-order valence-corrected chi connectivity index (χ3v) is 5.16. The normalized spacial score (nSPS) is 13.2. The molecule has 4 rings (SSSR count). The molecule has 5 nitrogen and oxygen atoms in total. The van der Waals surface area contributed by atoms with Crippen molar-refractivity contribution in [3.63, 3.8) is 0 Å². The predicted octanol–water partition coefficient (Wildman–Crippen LogP) is 4.03. The fourth-order valence-corrected chi connectivity index (χ4v) is 3.84. The maximum Gasteiger partial charge on any atom is 0.258 e. The average molecular weight is 397 g/mol. The average Bonchev–Trinajstić information content (AvgIpc) is 3.04. The molecule has 0 aliphatic carbocycles. The van der Waals surface area contributed by atoms with Gasteiger partial charge in [0.15, 0.2) is 5.75 Å². The minimum absolute atomic E-state index is 0.0158. The summed E-state index contributed by atoms with van der Waals surface area (Å²) in [5.41, 5.74) is 3.76. The lowest BCUT2D eigenvalue weighted by Crippen LogP contribution is -2.26. The highest BCUT2D eigenvalue weighted by atomic mass is 19.1. The molecule has 2 aromatic carbocycles. The second kappa shape index (κ2) is 7.66. The van der Waals surface area contributed by atoms with E-state index < -0.39 is 6.67 Å². The van der Waals surface area contributed by atoms with Crippen molar-refractivity contribution in [1.82, 2.24) is 9.88 Å². The number of phenols is 1. The quantitative estimate of drug-likeness (QED) is 0.617. The Bertz CT molecular complexity index is 1080. The number of halogens is 2. The number of carbonyl (C=O) groups excluding carboxylic acids is 1. The first kappa shape index (κ1) is 19.1. The molecule has 3 aromatic rings. The van der Waals surface area contributed by atoms with E-state index in [1.807, 2.05) is 13.0 Å². The Hall–Kier alpha value is -3.22. The molecule has 0 saturated carbocycles. The van der Waals surface area contributed by atoms with E-state index in [-0.39, 0.29) is 36.1 Å². The first-order valence-corrected chi connectivity index (χ1v) is 9.53. The standard InChI is InChI=1S/C22H21F2N3O2/c1-2-25-19-16-10-14(9-13-3-5-15(24)6-4-13)11-26-20(16)21(28)18-17(19)12-27(8-7-23)22(18)29/h3-6,10-11,25,28H,2,7-9,12H2,1H3. The van der Waals surface area contributed by atoms with Gasteiger partial charge in [0.25, 0.3) is 5.91 Å². The Balaban J connectivity index is 1.83. The zero-order valence-corrected chi connectivity index (χ0v) is 16.0. The maximum absolute atomic E-state index is 13.2. The van der Waals surface area contributed by atoms with Crippen LogP contribution in [0.15, 0.2) is 36.5 Å². The van der Waals surface area contributed by atoms with Crippen molar-refractivity contribution >= 4 is 22.5 Å². The number of fused-ring (bicyclic) bond motifs is 2. The number of hydrogen-bond donors (Lipinski definition) is 2. The monoisotopic (exact) mass is 397 g/mol. The molecular formula is C22H21F2N3O2. The Kier molecular flexibility index (Phi) is 5.05. The van der Waals surface area contributed by atoms with E-state index in [4.69, 9.17) is 0 Å². The van der Waals surface area contributed by atoms with Crippen molar-refractivity contribution < 1.29 is 18.7 Å². The molecule has 29 heavy (non-hydrogen) atoms. The highest BCUT2D eigenvalue weighted by Gasteiger charge is 2.34. The first-order valence-electron chi connectivity index (χ1n) is 9.53. The van der Waals surface area contributed by atoms with Crippen molar-refractivity contribution in [2.24, 2.45) is 0 Å². The summed E-state index contributed by atoms with van der Waals surface area (Å²) < 4.78 is 26.0. The summed E-state index contributed by atoms with van der Waals surface area (Å²) in [6.07, 6.45) is 2.20. The minimum atomic E-state index is -0.642. The molecule has 0 fully saturated rings. The Morgan fingerprint density at radius 3 is 2.69 bits per heavy atom. The van der Waals surface area contributed by atoms with Crippen LogP contribution in [0.2, 0.25) is 0 Å². The van der Waals surface area contributed by atoms with Gasteiger partial charge in [-0.25, -0.2) is 8.78 Å². The van der Waals surface area contributed by atoms with Gasteiger partial charge in [-0.15, -0.1) is 0 Å². The minimum Gasteiger partial charge on any atom is -0.505 e. The lowest BCUT2D eigenvalue weighted by Gasteiger charge is -2.15. The van der Waals surface area contributed by atoms with Gasteiger partial charge < -0.3 is 15.3 Å². The summed E-state index contributed by atoms with van der Waals surface area (Å²) >= 11 is 0. The second-order valence-corrected chi connectivity index (χ2v) is 7.07. The molecule has 0 atom stereocenters. The first-order chi connectivity index (χ1) is 14.0. The van der Waals surface area contributed by atoms with E-state index >= 15 is 0 Å². The topological polar surface area (TPSA) is 65.5 Å². The fraction of sp³-hybridized carbons (Fsp3) is 0.273. The highest BCUT2D eigenvalue weighted by molar-refractivity contribution is 6.11. The number of rotatable bonds is 6. The molecule has 0 radical (unpaired) electrons. The van der Waals surface area contributed by atoms with Crippen molar-refractivity contribution in [2.45, 2.75) is 19.9 Å². The largest absolute Gasteiger partial charge is 0.505 e. The molecule has 7 heteroatoms. The summed E-state index contributed by atoms with van der Waals surface area (Å²) in [5.74, 6) is -0.840. The number of pyridine rings is 1. The molecule has 2 N–H and O–H groups in total. The number of anilines is 1. The maximum atomic E-state index is 13.2. The summed E-state index contributed by atoms with van der Waals surface area (Å²) in [7, 11) is 0. The molecule has 2 heterocycles. The van der Waals surface area contributed by atoms with Gasteiger partial charge in [0.1, 0.15) is 18.0 Å². The highest BCUT2D eigenvalue weighted by Crippen LogP contribution is 2.42. The van der Waals surface area contributed by atoms with Crippen molar-refractivity contribution in [2.75, 3.05) is 25.1 Å².